The van der Waals surface area contributed by atoms with Gasteiger partial charge in [-0.3, -0.25) is 14.5 Å². The number of hydrogen-bond donors (Lipinski definition) is 0. The molecule has 0 saturated carbocycles. The third-order valence-corrected chi connectivity index (χ3v) is 2.98. The van der Waals surface area contributed by atoms with E-state index in [1.54, 1.807) is 6.92 Å². The van der Waals surface area contributed by atoms with Crippen LogP contribution in [0.1, 0.15) is 19.8 Å². The van der Waals surface area contributed by atoms with E-state index in [0.29, 0.717) is 0 Å². The SMILES string of the molecule is CCOC(=O)CCC(=O)N1CCN(CC(F)(F)F)CC1. The van der Waals surface area contributed by atoms with Crippen LogP contribution in [0.25, 0.3) is 0 Å². The average molecular weight is 296 g/mol. The first-order valence-electron chi connectivity index (χ1n) is 6.54. The fourth-order valence-electron chi connectivity index (χ4n) is 2.01. The highest BCUT2D eigenvalue weighted by molar-refractivity contribution is 5.81. The summed E-state index contributed by atoms with van der Waals surface area (Å²) in [6, 6.07) is 0. The molecule has 1 rings (SSSR count). The van der Waals surface area contributed by atoms with Gasteiger partial charge in [0.05, 0.1) is 19.6 Å². The number of halogens is 3. The van der Waals surface area contributed by atoms with E-state index >= 15 is 0 Å². The molecular formula is C12H19F3N2O3. The number of esters is 1. The normalized spacial score (nSPS) is 17.1. The number of ether oxygens (including phenoxy) is 1. The first kappa shape index (κ1) is 16.7. The van der Waals surface area contributed by atoms with Gasteiger partial charge in [-0.25, -0.2) is 0 Å². The molecule has 1 fully saturated rings. The number of alkyl halides is 3. The number of piperazine rings is 1. The molecule has 0 aromatic heterocycles. The van der Waals surface area contributed by atoms with Gasteiger partial charge in [-0.05, 0) is 6.92 Å². The molecule has 0 unspecified atom stereocenters. The first-order chi connectivity index (χ1) is 9.31. The van der Waals surface area contributed by atoms with Crippen molar-refractivity contribution in [1.82, 2.24) is 9.80 Å². The van der Waals surface area contributed by atoms with Crippen LogP contribution in [-0.2, 0) is 14.3 Å². The monoisotopic (exact) mass is 296 g/mol. The van der Waals surface area contributed by atoms with E-state index in [1.807, 2.05) is 0 Å². The summed E-state index contributed by atoms with van der Waals surface area (Å²) in [6.45, 7) is 1.92. The largest absolute Gasteiger partial charge is 0.466 e. The summed E-state index contributed by atoms with van der Waals surface area (Å²) in [5.74, 6) is -0.652. The Morgan fingerprint density at radius 3 is 2.20 bits per heavy atom. The molecule has 1 aliphatic heterocycles. The van der Waals surface area contributed by atoms with Crippen molar-refractivity contribution >= 4 is 11.9 Å². The summed E-state index contributed by atoms with van der Waals surface area (Å²) in [7, 11) is 0. The minimum absolute atomic E-state index is 0.00936. The Labute approximate surface area is 115 Å². The van der Waals surface area contributed by atoms with Gasteiger partial charge in [-0.1, -0.05) is 0 Å². The zero-order valence-corrected chi connectivity index (χ0v) is 11.4. The average Bonchev–Trinajstić information content (AvgIpc) is 2.35. The second-order valence-corrected chi connectivity index (χ2v) is 4.58. The van der Waals surface area contributed by atoms with Crippen LogP contribution in [0.3, 0.4) is 0 Å². The van der Waals surface area contributed by atoms with Crippen molar-refractivity contribution in [2.45, 2.75) is 25.9 Å². The Bertz CT molecular complexity index is 339. The predicted octanol–water partition coefficient (Wildman–Crippen LogP) is 1.04. The zero-order valence-electron chi connectivity index (χ0n) is 11.4. The number of hydrogen-bond acceptors (Lipinski definition) is 4. The Morgan fingerprint density at radius 2 is 1.70 bits per heavy atom. The van der Waals surface area contributed by atoms with Crippen molar-refractivity contribution in [3.63, 3.8) is 0 Å². The topological polar surface area (TPSA) is 49.9 Å². The summed E-state index contributed by atoms with van der Waals surface area (Å²) in [5.41, 5.74) is 0. The van der Waals surface area contributed by atoms with Gasteiger partial charge in [0.25, 0.3) is 0 Å². The number of nitrogens with zero attached hydrogens (tertiary/aromatic N) is 2. The summed E-state index contributed by atoms with van der Waals surface area (Å²) in [5, 5.41) is 0. The van der Waals surface area contributed by atoms with E-state index in [2.05, 4.69) is 0 Å². The fourth-order valence-corrected chi connectivity index (χ4v) is 2.01. The van der Waals surface area contributed by atoms with Gasteiger partial charge in [0.15, 0.2) is 0 Å². The lowest BCUT2D eigenvalue weighted by Gasteiger charge is -2.35. The molecule has 0 bridgehead atoms. The van der Waals surface area contributed by atoms with Crippen LogP contribution in [0.5, 0.6) is 0 Å². The van der Waals surface area contributed by atoms with Crippen molar-refractivity contribution < 1.29 is 27.5 Å². The maximum Gasteiger partial charge on any atom is 0.401 e. The summed E-state index contributed by atoms with van der Waals surface area (Å²) in [4.78, 5) is 25.7. The standard InChI is InChI=1S/C12H19F3N2O3/c1-2-20-11(19)4-3-10(18)17-7-5-16(6-8-17)9-12(13,14)15/h2-9H2,1H3. The second kappa shape index (κ2) is 7.47. The zero-order chi connectivity index (χ0) is 15.2. The van der Waals surface area contributed by atoms with Crippen molar-refractivity contribution in [2.24, 2.45) is 0 Å². The molecule has 0 spiro atoms. The molecule has 1 aliphatic rings. The Morgan fingerprint density at radius 1 is 1.10 bits per heavy atom. The quantitative estimate of drug-likeness (QED) is 0.711. The molecule has 0 atom stereocenters. The Kier molecular flexibility index (Phi) is 6.25. The fraction of sp³-hybridized carbons (Fsp3) is 0.833. The second-order valence-electron chi connectivity index (χ2n) is 4.58. The van der Waals surface area contributed by atoms with E-state index in [1.165, 1.54) is 9.80 Å². The number of amides is 1. The lowest BCUT2D eigenvalue weighted by molar-refractivity contribution is -0.153. The van der Waals surface area contributed by atoms with E-state index in [0.717, 1.165) is 0 Å². The maximum absolute atomic E-state index is 12.2. The molecule has 0 aromatic carbocycles. The smallest absolute Gasteiger partial charge is 0.401 e. The summed E-state index contributed by atoms with van der Waals surface area (Å²) < 4.78 is 41.3. The van der Waals surface area contributed by atoms with Gasteiger partial charge in [-0.15, -0.1) is 0 Å². The van der Waals surface area contributed by atoms with Crippen LogP contribution in [0.2, 0.25) is 0 Å². The minimum atomic E-state index is -4.21. The van der Waals surface area contributed by atoms with Gasteiger partial charge in [0.1, 0.15) is 0 Å². The molecule has 0 radical (unpaired) electrons. The molecule has 1 saturated heterocycles. The van der Waals surface area contributed by atoms with Crippen molar-refractivity contribution in [3.8, 4) is 0 Å². The molecule has 0 aromatic rings. The van der Waals surface area contributed by atoms with Gasteiger partial charge in [-0.2, -0.15) is 13.2 Å². The van der Waals surface area contributed by atoms with Crippen LogP contribution in [0, 0.1) is 0 Å². The third-order valence-electron chi connectivity index (χ3n) is 2.98. The molecule has 20 heavy (non-hydrogen) atoms. The third kappa shape index (κ3) is 6.23. The molecule has 0 aliphatic carbocycles. The minimum Gasteiger partial charge on any atom is -0.466 e. The summed E-state index contributed by atoms with van der Waals surface area (Å²) in [6.07, 6.45) is -4.16. The van der Waals surface area contributed by atoms with Crippen molar-refractivity contribution in [2.75, 3.05) is 39.3 Å². The molecule has 0 N–H and O–H groups in total. The van der Waals surface area contributed by atoms with Gasteiger partial charge >= 0.3 is 12.1 Å². The van der Waals surface area contributed by atoms with Crippen molar-refractivity contribution in [1.29, 1.82) is 0 Å². The van der Waals surface area contributed by atoms with Crippen molar-refractivity contribution in [3.05, 3.63) is 0 Å². The van der Waals surface area contributed by atoms with E-state index < -0.39 is 18.7 Å². The Balaban J connectivity index is 2.27. The number of carbonyl (C=O) groups excluding carboxylic acids is 2. The van der Waals surface area contributed by atoms with E-state index in [4.69, 9.17) is 4.74 Å². The highest BCUT2D eigenvalue weighted by Gasteiger charge is 2.32. The van der Waals surface area contributed by atoms with E-state index in [-0.39, 0.29) is 51.5 Å². The Hall–Kier alpha value is -1.31. The lowest BCUT2D eigenvalue weighted by atomic mass is 10.2. The van der Waals surface area contributed by atoms with Crippen LogP contribution in [0.15, 0.2) is 0 Å². The van der Waals surface area contributed by atoms with Gasteiger partial charge in [0.2, 0.25) is 5.91 Å². The predicted molar refractivity (Wildman–Crippen MR) is 64.9 cm³/mol. The molecule has 5 nitrogen and oxygen atoms in total. The molecule has 116 valence electrons. The van der Waals surface area contributed by atoms with Crippen LogP contribution in [-0.4, -0.2) is 67.2 Å². The lowest BCUT2D eigenvalue weighted by Crippen LogP contribution is -2.50. The molecule has 1 heterocycles. The molecule has 1 amide bonds. The van der Waals surface area contributed by atoms with Crippen LogP contribution in [0.4, 0.5) is 13.2 Å². The van der Waals surface area contributed by atoms with Gasteiger partial charge in [0, 0.05) is 32.6 Å². The molecular weight excluding hydrogens is 277 g/mol. The number of carbonyl (C=O) groups is 2. The highest BCUT2D eigenvalue weighted by atomic mass is 19.4. The van der Waals surface area contributed by atoms with E-state index in [9.17, 15) is 22.8 Å². The first-order valence-corrected chi connectivity index (χ1v) is 6.54. The maximum atomic E-state index is 12.2. The summed E-state index contributed by atoms with van der Waals surface area (Å²) >= 11 is 0. The highest BCUT2D eigenvalue weighted by Crippen LogP contribution is 2.17. The van der Waals surface area contributed by atoms with Crippen LogP contribution >= 0.6 is 0 Å². The molecule has 8 heteroatoms. The van der Waals surface area contributed by atoms with Crippen LogP contribution < -0.4 is 0 Å². The number of rotatable bonds is 5. The van der Waals surface area contributed by atoms with Gasteiger partial charge < -0.3 is 9.64 Å².